The second-order valence-electron chi connectivity index (χ2n) is 6.42. The minimum Gasteiger partial charge on any atom is -0.494 e. The van der Waals surface area contributed by atoms with Crippen LogP contribution >= 0.6 is 23.8 Å². The van der Waals surface area contributed by atoms with E-state index in [0.29, 0.717) is 23.1 Å². The van der Waals surface area contributed by atoms with Gasteiger partial charge in [-0.1, -0.05) is 31.5 Å². The van der Waals surface area contributed by atoms with Crippen LogP contribution in [0.5, 0.6) is 5.75 Å². The Morgan fingerprint density at radius 1 is 1.19 bits per heavy atom. The lowest BCUT2D eigenvalue weighted by Crippen LogP contribution is -2.34. The van der Waals surface area contributed by atoms with Gasteiger partial charge in [0, 0.05) is 16.3 Å². The molecule has 0 aliphatic carbocycles. The fraction of sp³-hybridized carbons (Fsp3) is 0.300. The second-order valence-corrected chi connectivity index (χ2v) is 7.27. The minimum atomic E-state index is -0.282. The van der Waals surface area contributed by atoms with Crippen molar-refractivity contribution in [1.82, 2.24) is 5.32 Å². The molecule has 6 heteroatoms. The summed E-state index contributed by atoms with van der Waals surface area (Å²) in [6.07, 6.45) is 0.991. The molecule has 0 unspecified atom stereocenters. The number of rotatable bonds is 6. The van der Waals surface area contributed by atoms with Gasteiger partial charge >= 0.3 is 0 Å². The predicted octanol–water partition coefficient (Wildman–Crippen LogP) is 5.20. The summed E-state index contributed by atoms with van der Waals surface area (Å²) in [7, 11) is 0. The lowest BCUT2D eigenvalue weighted by Gasteiger charge is -2.12. The molecule has 0 saturated carbocycles. The first-order valence-electron chi connectivity index (χ1n) is 8.46. The van der Waals surface area contributed by atoms with Crippen molar-refractivity contribution in [3.63, 3.8) is 0 Å². The maximum Gasteiger partial charge on any atom is 0.257 e. The van der Waals surface area contributed by atoms with Gasteiger partial charge in [0.05, 0.1) is 6.61 Å². The number of carbonyl (C=O) groups excluding carboxylic acids is 1. The summed E-state index contributed by atoms with van der Waals surface area (Å²) in [5.41, 5.74) is 2.25. The number of thiocarbonyl (C=S) groups is 1. The molecule has 0 radical (unpaired) electrons. The van der Waals surface area contributed by atoms with Crippen LogP contribution in [0.2, 0.25) is 5.02 Å². The van der Waals surface area contributed by atoms with Gasteiger partial charge in [0.2, 0.25) is 0 Å². The van der Waals surface area contributed by atoms with Crippen molar-refractivity contribution in [1.29, 1.82) is 0 Å². The highest BCUT2D eigenvalue weighted by Gasteiger charge is 2.09. The van der Waals surface area contributed by atoms with Gasteiger partial charge in [-0.15, -0.1) is 0 Å². The van der Waals surface area contributed by atoms with Crippen LogP contribution in [-0.2, 0) is 0 Å². The highest BCUT2D eigenvalue weighted by molar-refractivity contribution is 7.80. The average molecular weight is 391 g/mol. The first-order valence-corrected chi connectivity index (χ1v) is 9.25. The first kappa shape index (κ1) is 20.2. The van der Waals surface area contributed by atoms with Gasteiger partial charge < -0.3 is 10.1 Å². The second kappa shape index (κ2) is 9.55. The topological polar surface area (TPSA) is 50.4 Å². The van der Waals surface area contributed by atoms with E-state index in [1.807, 2.05) is 13.0 Å². The smallest absolute Gasteiger partial charge is 0.257 e. The Kier molecular flexibility index (Phi) is 7.42. The normalized spacial score (nSPS) is 10.5. The van der Waals surface area contributed by atoms with Crippen molar-refractivity contribution in [3.05, 3.63) is 58.6 Å². The summed E-state index contributed by atoms with van der Waals surface area (Å²) in [4.78, 5) is 12.3. The van der Waals surface area contributed by atoms with Crippen molar-refractivity contribution in [2.24, 2.45) is 5.92 Å². The number of hydrogen-bond donors (Lipinski definition) is 2. The van der Waals surface area contributed by atoms with Gasteiger partial charge in [-0.05, 0) is 73.4 Å². The van der Waals surface area contributed by atoms with Crippen molar-refractivity contribution in [3.8, 4) is 5.75 Å². The number of aryl methyl sites for hydroxylation is 1. The zero-order valence-corrected chi connectivity index (χ0v) is 16.7. The Hall–Kier alpha value is -2.11. The van der Waals surface area contributed by atoms with Crippen LogP contribution in [0.25, 0.3) is 0 Å². The quantitative estimate of drug-likeness (QED) is 0.665. The first-order chi connectivity index (χ1) is 12.3. The van der Waals surface area contributed by atoms with E-state index in [-0.39, 0.29) is 11.0 Å². The van der Waals surface area contributed by atoms with Crippen molar-refractivity contribution >= 4 is 40.5 Å². The molecule has 26 heavy (non-hydrogen) atoms. The summed E-state index contributed by atoms with van der Waals surface area (Å²) in [5, 5.41) is 6.48. The molecule has 4 nitrogen and oxygen atoms in total. The van der Waals surface area contributed by atoms with Crippen molar-refractivity contribution < 1.29 is 9.53 Å². The van der Waals surface area contributed by atoms with E-state index in [0.717, 1.165) is 23.4 Å². The number of anilines is 1. The molecule has 0 saturated heterocycles. The summed E-state index contributed by atoms with van der Waals surface area (Å²) >= 11 is 11.2. The number of nitrogens with one attached hydrogen (secondary N) is 2. The van der Waals surface area contributed by atoms with Gasteiger partial charge in [-0.25, -0.2) is 0 Å². The molecule has 2 aromatic carbocycles. The molecule has 0 aromatic heterocycles. The molecule has 0 aliphatic heterocycles. The van der Waals surface area contributed by atoms with E-state index in [1.54, 1.807) is 36.4 Å². The lowest BCUT2D eigenvalue weighted by atomic mass is 10.1. The van der Waals surface area contributed by atoms with Crippen LogP contribution < -0.4 is 15.4 Å². The van der Waals surface area contributed by atoms with Crippen LogP contribution in [0.3, 0.4) is 0 Å². The fourth-order valence-corrected chi connectivity index (χ4v) is 2.55. The van der Waals surface area contributed by atoms with Crippen molar-refractivity contribution in [2.75, 3.05) is 11.9 Å². The summed E-state index contributed by atoms with van der Waals surface area (Å²) in [5.74, 6) is 1.06. The number of benzene rings is 2. The van der Waals surface area contributed by atoms with Crippen LogP contribution in [-0.4, -0.2) is 17.6 Å². The molecule has 0 fully saturated rings. The Bertz CT molecular complexity index is 776. The maximum absolute atomic E-state index is 12.3. The van der Waals surface area contributed by atoms with Crippen LogP contribution in [0.1, 0.15) is 36.2 Å². The molecule has 2 N–H and O–H groups in total. The SMILES string of the molecule is Cc1ccc(Cl)cc1NC(=S)NC(=O)c1ccc(OCCC(C)C)cc1. The molecule has 0 bridgehead atoms. The number of ether oxygens (including phenoxy) is 1. The van der Waals surface area contributed by atoms with Gasteiger partial charge in [-0.2, -0.15) is 0 Å². The van der Waals surface area contributed by atoms with E-state index in [4.69, 9.17) is 28.6 Å². The maximum atomic E-state index is 12.3. The number of halogens is 1. The Labute approximate surface area is 164 Å². The van der Waals surface area contributed by atoms with E-state index in [1.165, 1.54) is 0 Å². The van der Waals surface area contributed by atoms with E-state index in [2.05, 4.69) is 24.5 Å². The van der Waals surface area contributed by atoms with E-state index in [9.17, 15) is 4.79 Å². The fourth-order valence-electron chi connectivity index (χ4n) is 2.17. The molecular formula is C20H23ClN2O2S. The van der Waals surface area contributed by atoms with Crippen LogP contribution in [0, 0.1) is 12.8 Å². The summed E-state index contributed by atoms with van der Waals surface area (Å²) in [6.45, 7) is 6.90. The molecule has 2 rings (SSSR count). The number of hydrogen-bond acceptors (Lipinski definition) is 3. The summed E-state index contributed by atoms with van der Waals surface area (Å²) < 4.78 is 5.65. The number of amides is 1. The third-order valence-corrected chi connectivity index (χ3v) is 4.19. The lowest BCUT2D eigenvalue weighted by molar-refractivity contribution is 0.0977. The molecule has 0 heterocycles. The van der Waals surface area contributed by atoms with E-state index < -0.39 is 0 Å². The zero-order valence-electron chi connectivity index (χ0n) is 15.1. The average Bonchev–Trinajstić information content (AvgIpc) is 2.58. The Balaban J connectivity index is 1.90. The van der Waals surface area contributed by atoms with Gasteiger partial charge in [0.15, 0.2) is 5.11 Å². The zero-order chi connectivity index (χ0) is 19.1. The van der Waals surface area contributed by atoms with Crippen molar-refractivity contribution in [2.45, 2.75) is 27.2 Å². The van der Waals surface area contributed by atoms with Crippen LogP contribution in [0.15, 0.2) is 42.5 Å². The Morgan fingerprint density at radius 3 is 2.54 bits per heavy atom. The predicted molar refractivity (Wildman–Crippen MR) is 111 cm³/mol. The largest absolute Gasteiger partial charge is 0.494 e. The third kappa shape index (κ3) is 6.32. The highest BCUT2D eigenvalue weighted by atomic mass is 35.5. The molecule has 0 aliphatic rings. The third-order valence-electron chi connectivity index (χ3n) is 3.76. The molecule has 0 spiro atoms. The molecule has 0 atom stereocenters. The molecular weight excluding hydrogens is 368 g/mol. The summed E-state index contributed by atoms with van der Waals surface area (Å²) in [6, 6.07) is 12.4. The Morgan fingerprint density at radius 2 is 1.88 bits per heavy atom. The number of carbonyl (C=O) groups is 1. The van der Waals surface area contributed by atoms with Gasteiger partial charge in [0.25, 0.3) is 5.91 Å². The monoisotopic (exact) mass is 390 g/mol. The molecule has 1 amide bonds. The standard InChI is InChI=1S/C20H23ClN2O2S/c1-13(2)10-11-25-17-8-5-15(6-9-17)19(24)23-20(26)22-18-12-16(21)7-4-14(18)3/h4-9,12-13H,10-11H2,1-3H3,(H2,22,23,24,26). The molecule has 2 aromatic rings. The minimum absolute atomic E-state index is 0.220. The van der Waals surface area contributed by atoms with Crippen LogP contribution in [0.4, 0.5) is 5.69 Å². The molecule has 138 valence electrons. The van der Waals surface area contributed by atoms with Gasteiger partial charge in [0.1, 0.15) is 5.75 Å². The van der Waals surface area contributed by atoms with Gasteiger partial charge in [-0.3, -0.25) is 10.1 Å². The highest BCUT2D eigenvalue weighted by Crippen LogP contribution is 2.20. The van der Waals surface area contributed by atoms with E-state index >= 15 is 0 Å².